The summed E-state index contributed by atoms with van der Waals surface area (Å²) in [4.78, 5) is 27.9. The Labute approximate surface area is 197 Å². The molecule has 2 aliphatic heterocycles. The predicted octanol–water partition coefficient (Wildman–Crippen LogP) is 5.56. The van der Waals surface area contributed by atoms with Crippen molar-refractivity contribution >= 4 is 67.6 Å². The van der Waals surface area contributed by atoms with Gasteiger partial charge < -0.3 is 9.64 Å². The number of ketones is 1. The lowest BCUT2D eigenvalue weighted by molar-refractivity contribution is -0.134. The highest BCUT2D eigenvalue weighted by molar-refractivity contribution is 9.10. The number of rotatable bonds is 5. The summed E-state index contributed by atoms with van der Waals surface area (Å²) < 4.78 is 5.26. The molecule has 1 atom stereocenters. The van der Waals surface area contributed by atoms with Gasteiger partial charge in [-0.1, -0.05) is 45.9 Å². The van der Waals surface area contributed by atoms with Crippen molar-refractivity contribution in [2.45, 2.75) is 25.1 Å². The number of halogens is 1. The molecule has 0 N–H and O–H groups in total. The maximum absolute atomic E-state index is 12.6. The number of hydrogen-bond acceptors (Lipinski definition) is 8. The second-order valence-corrected chi connectivity index (χ2v) is 10.3. The molecular formula is C22H20BrN3O3S2. The topological polar surface area (TPSA) is 62.2 Å². The summed E-state index contributed by atoms with van der Waals surface area (Å²) in [6.07, 6.45) is 0. The molecule has 0 aliphatic carbocycles. The number of thioether (sulfide) groups is 2. The van der Waals surface area contributed by atoms with E-state index in [0.717, 1.165) is 21.5 Å². The van der Waals surface area contributed by atoms with Crippen molar-refractivity contribution in [3.63, 3.8) is 0 Å². The van der Waals surface area contributed by atoms with Crippen LogP contribution >= 0.6 is 39.5 Å². The summed E-state index contributed by atoms with van der Waals surface area (Å²) in [5.41, 5.74) is 2.51. The van der Waals surface area contributed by atoms with Gasteiger partial charge in [0.05, 0.1) is 17.2 Å². The van der Waals surface area contributed by atoms with E-state index in [4.69, 9.17) is 4.74 Å². The molecule has 0 aromatic heterocycles. The number of anilines is 2. The molecular weight excluding hydrogens is 498 g/mol. The Hall–Kier alpha value is -2.23. The standard InChI is InChI=1S/C22H20BrN3O3S2/c1-4-29-21(28)20-24-26(18-12-10-16(23)11-13-18)22(31-20)25(17-8-6-5-7-9-17)14(2)19(30-22)15(3)27/h5-13H,4H2,1-3H3. The van der Waals surface area contributed by atoms with Crippen LogP contribution in [0.1, 0.15) is 20.8 Å². The molecule has 2 heterocycles. The van der Waals surface area contributed by atoms with E-state index in [-0.39, 0.29) is 17.4 Å². The van der Waals surface area contributed by atoms with Crippen LogP contribution in [0.2, 0.25) is 0 Å². The highest BCUT2D eigenvalue weighted by Gasteiger charge is 2.57. The van der Waals surface area contributed by atoms with Gasteiger partial charge in [-0.25, -0.2) is 9.80 Å². The molecule has 2 aromatic carbocycles. The van der Waals surface area contributed by atoms with E-state index in [2.05, 4.69) is 25.9 Å². The average Bonchev–Trinajstić information content (AvgIpc) is 3.27. The Bertz CT molecular complexity index is 1090. The van der Waals surface area contributed by atoms with Gasteiger partial charge in [-0.2, -0.15) is 5.10 Å². The third kappa shape index (κ3) is 3.90. The molecule has 0 fully saturated rings. The summed E-state index contributed by atoms with van der Waals surface area (Å²) >= 11 is 6.15. The number of ether oxygens (including phenoxy) is 1. The average molecular weight is 518 g/mol. The van der Waals surface area contributed by atoms with Gasteiger partial charge in [0, 0.05) is 15.9 Å². The molecule has 0 saturated heterocycles. The third-order valence-electron chi connectivity index (χ3n) is 4.73. The van der Waals surface area contributed by atoms with Crippen LogP contribution in [0, 0.1) is 0 Å². The normalized spacial score (nSPS) is 20.5. The number of carbonyl (C=O) groups excluding carboxylic acids is 2. The van der Waals surface area contributed by atoms with Crippen LogP contribution in [-0.2, 0) is 14.3 Å². The number of allylic oxidation sites excluding steroid dienone is 2. The maximum atomic E-state index is 12.6. The molecule has 9 heteroatoms. The van der Waals surface area contributed by atoms with Crippen LogP contribution in [0.5, 0.6) is 0 Å². The minimum Gasteiger partial charge on any atom is -0.461 e. The summed E-state index contributed by atoms with van der Waals surface area (Å²) in [6, 6.07) is 17.5. The number of esters is 1. The van der Waals surface area contributed by atoms with E-state index in [1.807, 2.05) is 61.5 Å². The zero-order valence-electron chi connectivity index (χ0n) is 17.2. The van der Waals surface area contributed by atoms with Crippen molar-refractivity contribution in [2.75, 3.05) is 16.5 Å². The Kier molecular flexibility index (Phi) is 6.18. The van der Waals surface area contributed by atoms with Crippen LogP contribution in [-0.4, -0.2) is 27.7 Å². The van der Waals surface area contributed by atoms with E-state index in [1.165, 1.54) is 23.5 Å². The van der Waals surface area contributed by atoms with Crippen LogP contribution in [0.4, 0.5) is 11.4 Å². The molecule has 2 aliphatic rings. The van der Waals surface area contributed by atoms with E-state index in [0.29, 0.717) is 4.91 Å². The van der Waals surface area contributed by atoms with E-state index in [1.54, 1.807) is 18.9 Å². The minimum absolute atomic E-state index is 0.0266. The van der Waals surface area contributed by atoms with Crippen LogP contribution in [0.25, 0.3) is 0 Å². The lowest BCUT2D eigenvalue weighted by Gasteiger charge is -2.41. The van der Waals surface area contributed by atoms with Crippen LogP contribution in [0.15, 0.2) is 74.8 Å². The van der Waals surface area contributed by atoms with Gasteiger partial charge in [0.25, 0.3) is 0 Å². The Morgan fingerprint density at radius 1 is 1.06 bits per heavy atom. The molecule has 4 rings (SSSR count). The van der Waals surface area contributed by atoms with E-state index in [9.17, 15) is 9.59 Å². The molecule has 31 heavy (non-hydrogen) atoms. The van der Waals surface area contributed by atoms with Crippen LogP contribution in [0.3, 0.4) is 0 Å². The molecule has 0 bridgehead atoms. The summed E-state index contributed by atoms with van der Waals surface area (Å²) in [5, 5.41) is 6.71. The van der Waals surface area contributed by atoms with E-state index >= 15 is 0 Å². The number of benzene rings is 2. The monoisotopic (exact) mass is 517 g/mol. The van der Waals surface area contributed by atoms with Crippen molar-refractivity contribution in [1.29, 1.82) is 0 Å². The number of hydrogen-bond donors (Lipinski definition) is 0. The summed E-state index contributed by atoms with van der Waals surface area (Å²) in [5.74, 6) is -0.504. The highest BCUT2D eigenvalue weighted by Crippen LogP contribution is 2.60. The minimum atomic E-state index is -0.914. The molecule has 1 unspecified atom stereocenters. The van der Waals surface area contributed by atoms with Crippen molar-refractivity contribution in [2.24, 2.45) is 5.10 Å². The van der Waals surface area contributed by atoms with Crippen molar-refractivity contribution in [3.05, 3.63) is 69.7 Å². The Balaban J connectivity index is 1.89. The van der Waals surface area contributed by atoms with Crippen molar-refractivity contribution in [1.82, 2.24) is 0 Å². The van der Waals surface area contributed by atoms with Gasteiger partial charge in [-0.15, -0.1) is 0 Å². The Morgan fingerprint density at radius 2 is 1.74 bits per heavy atom. The van der Waals surface area contributed by atoms with Gasteiger partial charge in [0.15, 0.2) is 5.78 Å². The molecule has 0 amide bonds. The van der Waals surface area contributed by atoms with Crippen LogP contribution < -0.4 is 9.91 Å². The number of carbonyl (C=O) groups is 2. The summed E-state index contributed by atoms with van der Waals surface area (Å²) in [6.45, 7) is 5.51. The summed E-state index contributed by atoms with van der Waals surface area (Å²) in [7, 11) is 0. The SMILES string of the molecule is CCOC(=O)C1=NN(c2ccc(Br)cc2)C2(S1)SC(C(C)=O)=C(C)N2c1ccccc1. The Morgan fingerprint density at radius 3 is 2.35 bits per heavy atom. The zero-order chi connectivity index (χ0) is 22.2. The molecule has 160 valence electrons. The first-order valence-electron chi connectivity index (χ1n) is 9.64. The molecule has 1 spiro atoms. The van der Waals surface area contributed by atoms with Gasteiger partial charge in [0.2, 0.25) is 9.37 Å². The first-order chi connectivity index (χ1) is 14.9. The molecule has 2 aromatic rings. The van der Waals surface area contributed by atoms with Gasteiger partial charge >= 0.3 is 5.97 Å². The predicted molar refractivity (Wildman–Crippen MR) is 131 cm³/mol. The smallest absolute Gasteiger partial charge is 0.365 e. The fourth-order valence-corrected chi connectivity index (χ4v) is 6.67. The second kappa shape index (κ2) is 8.72. The van der Waals surface area contributed by atoms with Crippen molar-refractivity contribution < 1.29 is 14.3 Å². The maximum Gasteiger partial charge on any atom is 0.365 e. The van der Waals surface area contributed by atoms with Crippen molar-refractivity contribution in [3.8, 4) is 0 Å². The molecule has 0 saturated carbocycles. The number of nitrogens with zero attached hydrogens (tertiary/aromatic N) is 3. The third-order valence-corrected chi connectivity index (χ3v) is 8.23. The number of hydrazone groups is 1. The number of para-hydroxylation sites is 1. The first kappa shape index (κ1) is 22.0. The fourth-order valence-electron chi connectivity index (χ4n) is 3.45. The fraction of sp³-hybridized carbons (Fsp3) is 0.227. The molecule has 0 radical (unpaired) electrons. The van der Waals surface area contributed by atoms with Gasteiger partial charge in [0.1, 0.15) is 0 Å². The first-order valence-corrected chi connectivity index (χ1v) is 12.1. The van der Waals surface area contributed by atoms with Gasteiger partial charge in [-0.3, -0.25) is 4.79 Å². The lowest BCUT2D eigenvalue weighted by Crippen LogP contribution is -2.49. The second-order valence-electron chi connectivity index (χ2n) is 6.81. The largest absolute Gasteiger partial charge is 0.461 e. The van der Waals surface area contributed by atoms with Gasteiger partial charge in [-0.05, 0) is 68.9 Å². The molecule has 6 nitrogen and oxygen atoms in total. The highest BCUT2D eigenvalue weighted by atomic mass is 79.9. The number of Topliss-reactive ketones (excluding diaryl/α,β-unsaturated/α-hetero) is 1. The zero-order valence-corrected chi connectivity index (χ0v) is 20.4. The lowest BCUT2D eigenvalue weighted by atomic mass is 10.2. The quantitative estimate of drug-likeness (QED) is 0.480. The van der Waals surface area contributed by atoms with E-state index < -0.39 is 10.3 Å².